The van der Waals surface area contributed by atoms with Gasteiger partial charge in [0.15, 0.2) is 5.82 Å². The molecule has 2 heterocycles. The number of aliphatic imine (C=N–C) groups is 2. The van der Waals surface area contributed by atoms with Crippen molar-refractivity contribution in [3.63, 3.8) is 0 Å². The molecule has 2 N–H and O–H groups in total. The first kappa shape index (κ1) is 28.1. The maximum atomic E-state index is 13.1. The number of methoxy groups -OCH3 is 1. The lowest BCUT2D eigenvalue weighted by atomic mass is 10.0. The van der Waals surface area contributed by atoms with Crippen molar-refractivity contribution in [2.24, 2.45) is 9.98 Å². The first-order chi connectivity index (χ1) is 19.4. The number of ether oxygens (including phenoxy) is 1. The molecule has 0 atom stereocenters. The summed E-state index contributed by atoms with van der Waals surface area (Å²) in [4.78, 5) is 41.2. The molecule has 0 aromatic heterocycles. The number of nitrogens with one attached hydrogen (secondary N) is 2. The van der Waals surface area contributed by atoms with Crippen molar-refractivity contribution in [3.8, 4) is 5.75 Å². The number of hydrogen-bond donors (Lipinski definition) is 2. The maximum Gasteiger partial charge on any atom is 0.251 e. The molecule has 0 radical (unpaired) electrons. The van der Waals surface area contributed by atoms with E-state index in [9.17, 15) is 9.59 Å². The molecule has 5 rings (SSSR count). The number of allylic oxidation sites excluding steroid dienone is 1. The number of anilines is 1. The molecule has 216 valence electrons. The first-order valence-corrected chi connectivity index (χ1v) is 14.7. The van der Waals surface area contributed by atoms with Crippen LogP contribution in [0.3, 0.4) is 0 Å². The molecule has 0 unspecified atom stereocenters. The van der Waals surface area contributed by atoms with E-state index >= 15 is 0 Å². The molecule has 1 saturated heterocycles. The van der Waals surface area contributed by atoms with Gasteiger partial charge < -0.3 is 30.1 Å². The highest BCUT2D eigenvalue weighted by molar-refractivity contribution is 6.00. The molecule has 40 heavy (non-hydrogen) atoms. The minimum absolute atomic E-state index is 0.0794. The van der Waals surface area contributed by atoms with Crippen LogP contribution in [0.1, 0.15) is 75.1 Å². The highest BCUT2D eigenvalue weighted by atomic mass is 16.5. The second-order valence-electron chi connectivity index (χ2n) is 11.4. The van der Waals surface area contributed by atoms with E-state index < -0.39 is 0 Å². The van der Waals surface area contributed by atoms with Crippen molar-refractivity contribution in [3.05, 3.63) is 35.3 Å². The smallest absolute Gasteiger partial charge is 0.251 e. The number of amides is 2. The molecular weight excluding hydrogens is 506 g/mol. The van der Waals surface area contributed by atoms with Crippen molar-refractivity contribution in [2.45, 2.75) is 82.8 Å². The number of benzene rings is 1. The molecule has 2 saturated carbocycles. The fraction of sp³-hybridized carbons (Fsp3) is 0.600. The summed E-state index contributed by atoms with van der Waals surface area (Å²) >= 11 is 0. The van der Waals surface area contributed by atoms with Crippen LogP contribution in [0, 0.1) is 0 Å². The molecule has 1 aromatic rings. The second kappa shape index (κ2) is 12.4. The van der Waals surface area contributed by atoms with Gasteiger partial charge in [0.1, 0.15) is 5.75 Å². The fourth-order valence-electron chi connectivity index (χ4n) is 6.13. The molecule has 10 heteroatoms. The van der Waals surface area contributed by atoms with Crippen LogP contribution in [0.5, 0.6) is 5.75 Å². The van der Waals surface area contributed by atoms with E-state index in [-0.39, 0.29) is 17.9 Å². The van der Waals surface area contributed by atoms with Gasteiger partial charge in [-0.2, -0.15) is 4.99 Å². The van der Waals surface area contributed by atoms with E-state index in [0.29, 0.717) is 42.0 Å². The molecule has 2 amide bonds. The molecule has 3 fully saturated rings. The lowest BCUT2D eigenvalue weighted by Gasteiger charge is -2.32. The summed E-state index contributed by atoms with van der Waals surface area (Å²) in [6, 6.07) is 6.66. The Morgan fingerprint density at radius 2 is 1.77 bits per heavy atom. The van der Waals surface area contributed by atoms with E-state index in [0.717, 1.165) is 56.3 Å². The summed E-state index contributed by atoms with van der Waals surface area (Å²) in [6.07, 6.45) is 9.59. The minimum atomic E-state index is -0.0930. The van der Waals surface area contributed by atoms with Gasteiger partial charge in [0.05, 0.1) is 18.5 Å². The normalized spacial score (nSPS) is 22.0. The van der Waals surface area contributed by atoms with E-state index in [1.807, 2.05) is 13.0 Å². The molecule has 0 bridgehead atoms. The Bertz CT molecular complexity index is 1180. The summed E-state index contributed by atoms with van der Waals surface area (Å²) in [5.41, 5.74) is 1.97. The highest BCUT2D eigenvalue weighted by Crippen LogP contribution is 2.32. The van der Waals surface area contributed by atoms with Crippen LogP contribution in [0.4, 0.5) is 5.69 Å². The Balaban J connectivity index is 1.31. The Hall–Kier alpha value is -3.40. The minimum Gasteiger partial charge on any atom is -0.495 e. The van der Waals surface area contributed by atoms with Crippen LogP contribution < -0.4 is 15.4 Å². The summed E-state index contributed by atoms with van der Waals surface area (Å²) in [6.45, 7) is 8.40. The van der Waals surface area contributed by atoms with Crippen molar-refractivity contribution in [1.29, 1.82) is 0 Å². The van der Waals surface area contributed by atoms with Gasteiger partial charge in [-0.3, -0.25) is 9.59 Å². The zero-order valence-electron chi connectivity index (χ0n) is 24.1. The van der Waals surface area contributed by atoms with Gasteiger partial charge in [0, 0.05) is 56.8 Å². The summed E-state index contributed by atoms with van der Waals surface area (Å²) in [5.74, 6) is 1.54. The number of rotatable bonds is 7. The average Bonchev–Trinajstić information content (AvgIpc) is 3.70. The second-order valence-corrected chi connectivity index (χ2v) is 11.4. The van der Waals surface area contributed by atoms with Crippen LogP contribution in [0.15, 0.2) is 39.7 Å². The molecule has 2 aliphatic heterocycles. The van der Waals surface area contributed by atoms with Gasteiger partial charge in [-0.15, -0.1) is 0 Å². The SMILES string of the molecule is C=N/C(=N\C1=C(C)N(C)C(=O)CCN1C1CCCC1)Nc1ccc(C(=O)NC2CCN(C3CC3)CC2)cc1OC. The van der Waals surface area contributed by atoms with Gasteiger partial charge in [0.2, 0.25) is 11.9 Å². The third kappa shape index (κ3) is 6.32. The topological polar surface area (TPSA) is 102 Å². The van der Waals surface area contributed by atoms with Crippen LogP contribution in [-0.4, -0.2) is 91.1 Å². The van der Waals surface area contributed by atoms with Crippen molar-refractivity contribution in [2.75, 3.05) is 39.1 Å². The number of carbonyl (C=O) groups is 2. The third-order valence-corrected chi connectivity index (χ3v) is 8.80. The Kier molecular flexibility index (Phi) is 8.73. The fourth-order valence-corrected chi connectivity index (χ4v) is 6.13. The monoisotopic (exact) mass is 549 g/mol. The average molecular weight is 550 g/mol. The zero-order valence-corrected chi connectivity index (χ0v) is 24.1. The number of likely N-dealkylation sites (tertiary alicyclic amines) is 1. The van der Waals surface area contributed by atoms with Crippen LogP contribution >= 0.6 is 0 Å². The van der Waals surface area contributed by atoms with Crippen molar-refractivity contribution >= 4 is 30.2 Å². The molecule has 4 aliphatic rings. The number of guanidine groups is 1. The first-order valence-electron chi connectivity index (χ1n) is 14.7. The molecule has 10 nitrogen and oxygen atoms in total. The van der Waals surface area contributed by atoms with E-state index in [1.165, 1.54) is 25.7 Å². The van der Waals surface area contributed by atoms with Crippen molar-refractivity contribution in [1.82, 2.24) is 20.0 Å². The summed E-state index contributed by atoms with van der Waals surface area (Å²) < 4.78 is 5.64. The number of carbonyl (C=O) groups excluding carboxylic acids is 2. The summed E-state index contributed by atoms with van der Waals surface area (Å²) in [7, 11) is 3.37. The molecule has 0 spiro atoms. The van der Waals surface area contributed by atoms with Crippen molar-refractivity contribution < 1.29 is 14.3 Å². The standard InChI is InChI=1S/C30H43N7O3/c1-20-28(37(24-7-5-6-8-24)18-15-27(38)35(20)3)34-30(31-2)33-25-12-9-21(19-26(25)40-4)29(39)32-22-13-16-36(17-14-22)23-10-11-23/h9,12,19,22-24H,2,5-8,10-11,13-18H2,1,3-4H3,(H,32,39)(H,33,34). The van der Waals surface area contributed by atoms with Gasteiger partial charge in [0.25, 0.3) is 5.91 Å². The third-order valence-electron chi connectivity index (χ3n) is 8.80. The predicted octanol–water partition coefficient (Wildman–Crippen LogP) is 3.82. The largest absolute Gasteiger partial charge is 0.495 e. The van der Waals surface area contributed by atoms with E-state index in [4.69, 9.17) is 9.73 Å². The van der Waals surface area contributed by atoms with E-state index in [2.05, 4.69) is 32.1 Å². The predicted molar refractivity (Wildman–Crippen MR) is 158 cm³/mol. The van der Waals surface area contributed by atoms with Crippen LogP contribution in [0.2, 0.25) is 0 Å². The highest BCUT2D eigenvalue weighted by Gasteiger charge is 2.33. The van der Waals surface area contributed by atoms with Gasteiger partial charge in [-0.1, -0.05) is 12.8 Å². The lowest BCUT2D eigenvalue weighted by molar-refractivity contribution is -0.127. The lowest BCUT2D eigenvalue weighted by Crippen LogP contribution is -2.45. The molecule has 1 aromatic carbocycles. The Morgan fingerprint density at radius 3 is 2.42 bits per heavy atom. The molecular formula is C30H43N7O3. The van der Waals surface area contributed by atoms with Gasteiger partial charge in [-0.05, 0) is 70.4 Å². The summed E-state index contributed by atoms with van der Waals surface area (Å²) in [5, 5.41) is 6.44. The number of piperidine rings is 1. The number of nitrogens with zero attached hydrogens (tertiary/aromatic N) is 5. The Labute approximate surface area is 237 Å². The van der Waals surface area contributed by atoms with Crippen LogP contribution in [0.25, 0.3) is 0 Å². The maximum absolute atomic E-state index is 13.1. The van der Waals surface area contributed by atoms with E-state index in [1.54, 1.807) is 31.2 Å². The van der Waals surface area contributed by atoms with Crippen LogP contribution in [-0.2, 0) is 4.79 Å². The Morgan fingerprint density at radius 1 is 1.05 bits per heavy atom. The quantitative estimate of drug-likeness (QED) is 0.396. The van der Waals surface area contributed by atoms with Gasteiger partial charge in [-0.25, -0.2) is 4.99 Å². The number of hydrogen-bond acceptors (Lipinski definition) is 6. The molecule has 2 aliphatic carbocycles. The van der Waals surface area contributed by atoms with Gasteiger partial charge >= 0.3 is 0 Å². The zero-order chi connectivity index (χ0) is 28.2.